The maximum absolute atomic E-state index is 12.1. The molecule has 0 aliphatic carbocycles. The van der Waals surface area contributed by atoms with E-state index in [0.717, 1.165) is 22.9 Å². The summed E-state index contributed by atoms with van der Waals surface area (Å²) in [6, 6.07) is 5.97. The fourth-order valence-corrected chi connectivity index (χ4v) is 2.97. The summed E-state index contributed by atoms with van der Waals surface area (Å²) in [5.41, 5.74) is 1.67. The molecule has 1 saturated heterocycles. The monoisotopic (exact) mass is 329 g/mol. The second kappa shape index (κ2) is 5.64. The smallest absolute Gasteiger partial charge is 0.465 e. The number of methoxy groups -OCH3 is 1. The molecule has 0 bridgehead atoms. The Labute approximate surface area is 143 Å². The van der Waals surface area contributed by atoms with Crippen LogP contribution in [0.2, 0.25) is 0 Å². The lowest BCUT2D eigenvalue weighted by atomic mass is 9.78. The number of aromatic nitrogens is 1. The van der Waals surface area contributed by atoms with Crippen LogP contribution < -0.4 is 5.46 Å². The predicted octanol–water partition coefficient (Wildman–Crippen LogP) is 2.75. The maximum atomic E-state index is 12.1. The normalized spacial score (nSPS) is 19.0. The number of esters is 1. The minimum atomic E-state index is -0.449. The van der Waals surface area contributed by atoms with E-state index >= 15 is 0 Å². The number of nitrogens with zero attached hydrogens (tertiary/aromatic N) is 1. The van der Waals surface area contributed by atoms with E-state index in [1.54, 1.807) is 0 Å². The Balaban J connectivity index is 2.07. The van der Waals surface area contributed by atoms with Crippen molar-refractivity contribution in [2.45, 2.75) is 52.4 Å². The minimum Gasteiger partial charge on any atom is -0.465 e. The van der Waals surface area contributed by atoms with E-state index in [9.17, 15) is 4.79 Å². The Morgan fingerprint density at radius 2 is 1.83 bits per heavy atom. The Hall–Kier alpha value is -1.79. The molecule has 128 valence electrons. The molecule has 0 radical (unpaired) electrons. The molecule has 2 heterocycles. The molecule has 1 aromatic carbocycles. The second-order valence-corrected chi connectivity index (χ2v) is 7.19. The number of ether oxygens (including phenoxy) is 1. The highest BCUT2D eigenvalue weighted by Gasteiger charge is 2.51. The van der Waals surface area contributed by atoms with E-state index in [0.29, 0.717) is 5.56 Å². The molecule has 0 saturated carbocycles. The van der Waals surface area contributed by atoms with Crippen LogP contribution in [0.25, 0.3) is 10.9 Å². The van der Waals surface area contributed by atoms with Crippen LogP contribution in [0.5, 0.6) is 0 Å². The van der Waals surface area contributed by atoms with Crippen LogP contribution in [-0.4, -0.2) is 36.0 Å². The summed E-state index contributed by atoms with van der Waals surface area (Å²) in [6.45, 7) is 10.9. The lowest BCUT2D eigenvalue weighted by Crippen LogP contribution is -2.41. The zero-order chi connectivity index (χ0) is 17.7. The van der Waals surface area contributed by atoms with E-state index in [1.807, 2.05) is 63.6 Å². The summed E-state index contributed by atoms with van der Waals surface area (Å²) in [7, 11) is 0.949. The van der Waals surface area contributed by atoms with Crippen molar-refractivity contribution < 1.29 is 18.8 Å². The average molecular weight is 329 g/mol. The molecule has 24 heavy (non-hydrogen) atoms. The van der Waals surface area contributed by atoms with E-state index in [1.165, 1.54) is 7.11 Å². The molecule has 0 N–H and O–H groups in total. The number of aryl methyl sites for hydroxylation is 1. The van der Waals surface area contributed by atoms with Gasteiger partial charge in [0, 0.05) is 23.6 Å². The molecule has 0 spiro atoms. The molecule has 1 aliphatic rings. The first-order chi connectivity index (χ1) is 11.2. The Bertz CT molecular complexity index is 778. The average Bonchev–Trinajstić information content (AvgIpc) is 3.00. The van der Waals surface area contributed by atoms with Crippen LogP contribution in [0.4, 0.5) is 0 Å². The summed E-state index contributed by atoms with van der Waals surface area (Å²) >= 11 is 0. The van der Waals surface area contributed by atoms with Crippen molar-refractivity contribution in [1.82, 2.24) is 4.57 Å². The molecule has 0 amide bonds. The summed E-state index contributed by atoms with van der Waals surface area (Å²) in [4.78, 5) is 12.1. The first kappa shape index (κ1) is 17.1. The highest BCUT2D eigenvalue weighted by molar-refractivity contribution is 6.62. The molecule has 6 heteroatoms. The van der Waals surface area contributed by atoms with Crippen LogP contribution in [-0.2, 0) is 20.6 Å². The minimum absolute atomic E-state index is 0.335. The van der Waals surface area contributed by atoms with Crippen LogP contribution >= 0.6 is 0 Å². The maximum Gasteiger partial charge on any atom is 0.494 e. The van der Waals surface area contributed by atoms with Crippen LogP contribution in [0.3, 0.4) is 0 Å². The molecule has 5 nitrogen and oxygen atoms in total. The quantitative estimate of drug-likeness (QED) is 0.642. The first-order valence-corrected chi connectivity index (χ1v) is 8.27. The van der Waals surface area contributed by atoms with E-state index < -0.39 is 18.3 Å². The van der Waals surface area contributed by atoms with E-state index in [-0.39, 0.29) is 5.97 Å². The van der Waals surface area contributed by atoms with E-state index in [2.05, 4.69) is 0 Å². The van der Waals surface area contributed by atoms with Gasteiger partial charge in [0.25, 0.3) is 0 Å². The number of carbonyl (C=O) groups excluding carboxylic acids is 1. The second-order valence-electron chi connectivity index (χ2n) is 7.19. The van der Waals surface area contributed by atoms with Crippen molar-refractivity contribution in [2.24, 2.45) is 0 Å². The zero-order valence-corrected chi connectivity index (χ0v) is 15.2. The molecule has 2 aromatic rings. The first-order valence-electron chi connectivity index (χ1n) is 8.27. The molecule has 0 unspecified atom stereocenters. The van der Waals surface area contributed by atoms with Crippen LogP contribution in [0.1, 0.15) is 45.0 Å². The molecule has 1 fully saturated rings. The molecule has 1 aliphatic heterocycles. The van der Waals surface area contributed by atoms with Crippen LogP contribution in [0.15, 0.2) is 24.4 Å². The van der Waals surface area contributed by atoms with E-state index in [4.69, 9.17) is 14.0 Å². The molecular weight excluding hydrogens is 305 g/mol. The number of rotatable bonds is 3. The van der Waals surface area contributed by atoms with Crippen molar-refractivity contribution in [3.8, 4) is 0 Å². The van der Waals surface area contributed by atoms with Gasteiger partial charge in [-0.05, 0) is 46.1 Å². The highest BCUT2D eigenvalue weighted by atomic mass is 16.7. The van der Waals surface area contributed by atoms with Gasteiger partial charge in [0.15, 0.2) is 0 Å². The number of hydrogen-bond acceptors (Lipinski definition) is 4. The number of benzene rings is 1. The van der Waals surface area contributed by atoms with Gasteiger partial charge in [0.1, 0.15) is 0 Å². The lowest BCUT2D eigenvalue weighted by Gasteiger charge is -2.32. The topological polar surface area (TPSA) is 49.7 Å². The fraction of sp³-hybridized carbons (Fsp3) is 0.500. The molecular formula is C18H24BNO4. The predicted molar refractivity (Wildman–Crippen MR) is 94.7 cm³/mol. The summed E-state index contributed by atoms with van der Waals surface area (Å²) in [5.74, 6) is -0.335. The van der Waals surface area contributed by atoms with Crippen molar-refractivity contribution in [3.63, 3.8) is 0 Å². The largest absolute Gasteiger partial charge is 0.494 e. The van der Waals surface area contributed by atoms with Gasteiger partial charge in [-0.25, -0.2) is 4.79 Å². The fourth-order valence-electron chi connectivity index (χ4n) is 2.97. The van der Waals surface area contributed by atoms with Gasteiger partial charge in [0.05, 0.1) is 23.9 Å². The van der Waals surface area contributed by atoms with Gasteiger partial charge >= 0.3 is 13.1 Å². The van der Waals surface area contributed by atoms with Gasteiger partial charge in [-0.3, -0.25) is 0 Å². The SMILES string of the molecule is CCn1cc(C(=O)OC)c2cc(B3OC(C)(C)C(C)(C)O3)ccc21. The van der Waals surface area contributed by atoms with Crippen molar-refractivity contribution >= 4 is 29.5 Å². The lowest BCUT2D eigenvalue weighted by molar-refractivity contribution is 0.00578. The summed E-state index contributed by atoms with van der Waals surface area (Å²) < 4.78 is 19.2. The number of carbonyl (C=O) groups is 1. The van der Waals surface area contributed by atoms with Crippen molar-refractivity contribution in [3.05, 3.63) is 30.0 Å². The number of hydrogen-bond donors (Lipinski definition) is 0. The molecule has 0 atom stereocenters. The van der Waals surface area contributed by atoms with Crippen molar-refractivity contribution in [1.29, 1.82) is 0 Å². The van der Waals surface area contributed by atoms with Crippen LogP contribution in [0, 0.1) is 0 Å². The molecule has 3 rings (SSSR count). The molecule has 1 aromatic heterocycles. The van der Waals surface area contributed by atoms with Crippen molar-refractivity contribution in [2.75, 3.05) is 7.11 Å². The number of fused-ring (bicyclic) bond motifs is 1. The third-order valence-electron chi connectivity index (χ3n) is 5.18. The Kier molecular flexibility index (Phi) is 4.01. The van der Waals surface area contributed by atoms with Gasteiger partial charge in [0.2, 0.25) is 0 Å². The zero-order valence-electron chi connectivity index (χ0n) is 15.2. The summed E-state index contributed by atoms with van der Waals surface area (Å²) in [6.07, 6.45) is 1.84. The third-order valence-corrected chi connectivity index (χ3v) is 5.18. The van der Waals surface area contributed by atoms with Gasteiger partial charge in [-0.2, -0.15) is 0 Å². The van der Waals surface area contributed by atoms with Gasteiger partial charge < -0.3 is 18.6 Å². The standard InChI is InChI=1S/C18H24BNO4/c1-7-20-11-14(16(21)22-6)13-10-12(8-9-15(13)20)19-23-17(2,3)18(4,5)24-19/h8-11H,7H2,1-6H3. The highest BCUT2D eigenvalue weighted by Crippen LogP contribution is 2.36. The van der Waals surface area contributed by atoms with Gasteiger partial charge in [-0.1, -0.05) is 12.1 Å². The Morgan fingerprint density at radius 3 is 2.38 bits per heavy atom. The third kappa shape index (κ3) is 2.54. The summed E-state index contributed by atoms with van der Waals surface area (Å²) in [5, 5.41) is 0.857. The van der Waals surface area contributed by atoms with Gasteiger partial charge in [-0.15, -0.1) is 0 Å². The Morgan fingerprint density at radius 1 is 1.21 bits per heavy atom.